The molecule has 0 aliphatic carbocycles. The normalized spacial score (nSPS) is 18.1. The van der Waals surface area contributed by atoms with Gasteiger partial charge in [-0.1, -0.05) is 0 Å². The van der Waals surface area contributed by atoms with E-state index in [4.69, 9.17) is 4.74 Å². The molecule has 1 fully saturated rings. The molecule has 0 radical (unpaired) electrons. The van der Waals surface area contributed by atoms with Crippen molar-refractivity contribution in [3.63, 3.8) is 0 Å². The Labute approximate surface area is 138 Å². The molecule has 3 aromatic heterocycles. The third-order valence-corrected chi connectivity index (χ3v) is 4.40. The molecule has 1 saturated heterocycles. The van der Waals surface area contributed by atoms with Gasteiger partial charge in [0, 0.05) is 37.0 Å². The first kappa shape index (κ1) is 14.9. The van der Waals surface area contributed by atoms with Gasteiger partial charge in [-0.15, -0.1) is 0 Å². The highest BCUT2D eigenvalue weighted by Gasteiger charge is 2.18. The number of aromatic nitrogens is 4. The molecule has 0 aromatic carbocycles. The fraction of sp³-hybridized carbons (Fsp3) is 0.353. The lowest BCUT2D eigenvalue weighted by Gasteiger charge is -2.22. The van der Waals surface area contributed by atoms with Crippen LogP contribution in [0.25, 0.3) is 22.3 Å². The second-order valence-corrected chi connectivity index (χ2v) is 6.06. The predicted molar refractivity (Wildman–Crippen MR) is 87.7 cm³/mol. The van der Waals surface area contributed by atoms with E-state index < -0.39 is 5.97 Å². The Morgan fingerprint density at radius 2 is 2.21 bits per heavy atom. The number of carboxylic acid groups (broad SMARTS) is 1. The van der Waals surface area contributed by atoms with Crippen LogP contribution in [0, 0.1) is 0 Å². The number of fused-ring (bicyclic) bond motifs is 1. The number of hydrogen-bond donors (Lipinski definition) is 1. The van der Waals surface area contributed by atoms with E-state index in [1.807, 2.05) is 16.9 Å². The van der Waals surface area contributed by atoms with Crippen molar-refractivity contribution in [3.8, 4) is 11.3 Å². The molecule has 1 unspecified atom stereocenters. The van der Waals surface area contributed by atoms with Crippen LogP contribution in [0.15, 0.2) is 30.7 Å². The first-order chi connectivity index (χ1) is 11.6. The largest absolute Gasteiger partial charge is 0.478 e. The quantitative estimate of drug-likeness (QED) is 0.800. The Morgan fingerprint density at radius 3 is 2.96 bits per heavy atom. The summed E-state index contributed by atoms with van der Waals surface area (Å²) in [5, 5.41) is 14.3. The first-order valence-corrected chi connectivity index (χ1v) is 7.99. The van der Waals surface area contributed by atoms with Crippen molar-refractivity contribution in [1.82, 2.24) is 19.3 Å². The number of rotatable bonds is 3. The van der Waals surface area contributed by atoms with E-state index in [9.17, 15) is 9.90 Å². The van der Waals surface area contributed by atoms with Crippen LogP contribution >= 0.6 is 0 Å². The lowest BCUT2D eigenvalue weighted by molar-refractivity contribution is -0.0394. The van der Waals surface area contributed by atoms with Gasteiger partial charge in [-0.2, -0.15) is 5.10 Å². The number of carboxylic acids is 1. The molecule has 24 heavy (non-hydrogen) atoms. The van der Waals surface area contributed by atoms with Crippen LogP contribution in [0.2, 0.25) is 0 Å². The zero-order chi connectivity index (χ0) is 16.7. The number of nitrogens with zero attached hydrogens (tertiary/aromatic N) is 4. The molecule has 7 nitrogen and oxygen atoms in total. The number of ether oxygens (including phenoxy) is 1. The van der Waals surface area contributed by atoms with Gasteiger partial charge < -0.3 is 14.4 Å². The van der Waals surface area contributed by atoms with Crippen molar-refractivity contribution in [3.05, 3.63) is 36.3 Å². The maximum Gasteiger partial charge on any atom is 0.337 e. The topological polar surface area (TPSA) is 82.2 Å². The molecule has 4 rings (SSSR count). The third kappa shape index (κ3) is 2.46. The Balaban J connectivity index is 1.70. The van der Waals surface area contributed by atoms with E-state index in [1.165, 1.54) is 0 Å². The number of carbonyl (C=O) groups is 1. The number of aryl methyl sites for hydroxylation is 1. The standard InChI is InChI=1S/C17H18N4O3/c1-20-10-13(17(22)23)12-5-6-14(19-16(12)20)11-8-18-21(9-11)15-4-2-3-7-24-15/h5-6,8-10,15H,2-4,7H2,1H3,(H,22,23). The summed E-state index contributed by atoms with van der Waals surface area (Å²) in [7, 11) is 1.80. The molecule has 0 saturated carbocycles. The molecule has 1 aliphatic rings. The van der Waals surface area contributed by atoms with Crippen LogP contribution in [0.5, 0.6) is 0 Å². The average Bonchev–Trinajstić information content (AvgIpc) is 3.21. The molecule has 1 atom stereocenters. The van der Waals surface area contributed by atoms with Crippen molar-refractivity contribution in [1.29, 1.82) is 0 Å². The Bertz CT molecular complexity index is 906. The van der Waals surface area contributed by atoms with Crippen LogP contribution in [0.3, 0.4) is 0 Å². The highest BCUT2D eigenvalue weighted by Crippen LogP contribution is 2.27. The van der Waals surface area contributed by atoms with Gasteiger partial charge in [-0.05, 0) is 31.4 Å². The summed E-state index contributed by atoms with van der Waals surface area (Å²) in [4.78, 5) is 15.9. The van der Waals surface area contributed by atoms with Gasteiger partial charge >= 0.3 is 5.97 Å². The molecule has 4 heterocycles. The number of hydrogen-bond acceptors (Lipinski definition) is 4. The molecule has 1 N–H and O–H groups in total. The number of aromatic carboxylic acids is 1. The lowest BCUT2D eigenvalue weighted by Crippen LogP contribution is -2.18. The second kappa shape index (κ2) is 5.76. The smallest absolute Gasteiger partial charge is 0.337 e. The minimum absolute atomic E-state index is 0.00937. The predicted octanol–water partition coefficient (Wildman–Crippen LogP) is 2.83. The summed E-state index contributed by atoms with van der Waals surface area (Å²) >= 11 is 0. The van der Waals surface area contributed by atoms with Gasteiger partial charge in [0.25, 0.3) is 0 Å². The van der Waals surface area contributed by atoms with Crippen molar-refractivity contribution >= 4 is 17.0 Å². The van der Waals surface area contributed by atoms with Crippen LogP contribution in [-0.2, 0) is 11.8 Å². The summed E-state index contributed by atoms with van der Waals surface area (Å²) in [6.07, 6.45) is 8.49. The van der Waals surface area contributed by atoms with E-state index >= 15 is 0 Å². The molecule has 0 amide bonds. The van der Waals surface area contributed by atoms with E-state index in [1.54, 1.807) is 30.1 Å². The van der Waals surface area contributed by atoms with E-state index in [0.717, 1.165) is 37.1 Å². The minimum atomic E-state index is -0.947. The van der Waals surface area contributed by atoms with Gasteiger partial charge in [-0.3, -0.25) is 0 Å². The van der Waals surface area contributed by atoms with Crippen LogP contribution in [0.4, 0.5) is 0 Å². The average molecular weight is 326 g/mol. The highest BCUT2D eigenvalue weighted by molar-refractivity contribution is 6.02. The maximum absolute atomic E-state index is 11.3. The van der Waals surface area contributed by atoms with E-state index in [-0.39, 0.29) is 11.8 Å². The molecule has 124 valence electrons. The number of pyridine rings is 1. The monoisotopic (exact) mass is 326 g/mol. The molecular formula is C17H18N4O3. The second-order valence-electron chi connectivity index (χ2n) is 6.06. The van der Waals surface area contributed by atoms with E-state index in [0.29, 0.717) is 11.0 Å². The highest BCUT2D eigenvalue weighted by atomic mass is 16.5. The van der Waals surface area contributed by atoms with Gasteiger partial charge in [0.2, 0.25) is 0 Å². The maximum atomic E-state index is 11.3. The molecule has 0 bridgehead atoms. The van der Waals surface area contributed by atoms with Gasteiger partial charge in [0.05, 0.1) is 17.5 Å². The SMILES string of the molecule is Cn1cc(C(=O)O)c2ccc(-c3cnn(C4CCCCO4)c3)nc21. The molecule has 1 aliphatic heterocycles. The summed E-state index contributed by atoms with van der Waals surface area (Å²) in [6, 6.07) is 3.63. The zero-order valence-corrected chi connectivity index (χ0v) is 13.3. The van der Waals surface area contributed by atoms with E-state index in [2.05, 4.69) is 10.1 Å². The molecular weight excluding hydrogens is 308 g/mol. The van der Waals surface area contributed by atoms with Crippen LogP contribution in [0.1, 0.15) is 35.8 Å². The van der Waals surface area contributed by atoms with Gasteiger partial charge in [0.15, 0.2) is 0 Å². The van der Waals surface area contributed by atoms with Crippen molar-refractivity contribution < 1.29 is 14.6 Å². The van der Waals surface area contributed by atoms with Gasteiger partial charge in [0.1, 0.15) is 11.9 Å². The molecule has 7 heteroatoms. The van der Waals surface area contributed by atoms with Crippen LogP contribution in [-0.4, -0.2) is 37.0 Å². The minimum Gasteiger partial charge on any atom is -0.478 e. The van der Waals surface area contributed by atoms with Crippen molar-refractivity contribution in [2.24, 2.45) is 7.05 Å². The van der Waals surface area contributed by atoms with Gasteiger partial charge in [-0.25, -0.2) is 14.5 Å². The molecule has 3 aromatic rings. The van der Waals surface area contributed by atoms with Crippen molar-refractivity contribution in [2.45, 2.75) is 25.5 Å². The summed E-state index contributed by atoms with van der Waals surface area (Å²) in [6.45, 7) is 0.769. The molecule has 0 spiro atoms. The van der Waals surface area contributed by atoms with Crippen LogP contribution < -0.4 is 0 Å². The first-order valence-electron chi connectivity index (χ1n) is 7.99. The zero-order valence-electron chi connectivity index (χ0n) is 13.3. The Kier molecular flexibility index (Phi) is 3.57. The lowest BCUT2D eigenvalue weighted by atomic mass is 10.1. The fourth-order valence-electron chi connectivity index (χ4n) is 3.14. The summed E-state index contributed by atoms with van der Waals surface area (Å²) in [5.41, 5.74) is 2.57. The fourth-order valence-corrected chi connectivity index (χ4v) is 3.14. The Morgan fingerprint density at radius 1 is 1.33 bits per heavy atom. The Hall–Kier alpha value is -2.67. The third-order valence-electron chi connectivity index (χ3n) is 4.40. The summed E-state index contributed by atoms with van der Waals surface area (Å²) < 4.78 is 9.32. The van der Waals surface area contributed by atoms with Crippen molar-refractivity contribution in [2.75, 3.05) is 6.61 Å². The summed E-state index contributed by atoms with van der Waals surface area (Å²) in [5.74, 6) is -0.947.